The van der Waals surface area contributed by atoms with Gasteiger partial charge in [-0.3, -0.25) is 0 Å². The van der Waals surface area contributed by atoms with Crippen LogP contribution in [0.4, 0.5) is 11.4 Å². The molecule has 2 aromatic carbocycles. The molecule has 6 N–H and O–H groups in total. The second-order valence-corrected chi connectivity index (χ2v) is 14.4. The summed E-state index contributed by atoms with van der Waals surface area (Å²) in [4.78, 5) is 18.2. The average Bonchev–Trinajstić information content (AvgIpc) is 3.82. The Hall–Kier alpha value is -5.76. The van der Waals surface area contributed by atoms with Crippen molar-refractivity contribution in [3.8, 4) is 11.5 Å². The molecule has 0 saturated carbocycles. The van der Waals surface area contributed by atoms with E-state index < -0.39 is 0 Å². The Morgan fingerprint density at radius 3 is 1.52 bits per heavy atom. The molecular formula is C46H52N6O2. The number of rotatable bonds is 12. The molecule has 2 aliphatic rings. The van der Waals surface area contributed by atoms with Crippen molar-refractivity contribution in [1.29, 1.82) is 0 Å². The molecule has 0 amide bonds. The lowest BCUT2D eigenvalue weighted by atomic mass is 10.00. The lowest BCUT2D eigenvalue weighted by Crippen LogP contribution is -2.00. The highest BCUT2D eigenvalue weighted by Gasteiger charge is 2.20. The van der Waals surface area contributed by atoms with Gasteiger partial charge in [0.25, 0.3) is 0 Å². The maximum absolute atomic E-state index is 6.11. The van der Waals surface area contributed by atoms with Gasteiger partial charge >= 0.3 is 0 Å². The largest absolute Gasteiger partial charge is 0.494 e. The molecule has 8 bridgehead atoms. The summed E-state index contributed by atoms with van der Waals surface area (Å²) in [5, 5.41) is 0. The van der Waals surface area contributed by atoms with Crippen molar-refractivity contribution in [2.75, 3.05) is 24.7 Å². The molecule has 0 atom stereocenters. The Balaban J connectivity index is 1.35. The SMILES string of the molecule is CCC1=C(C)c2cc3[nH]c(cc4nc(cc5[nH]c(cc1n2)c(C)c5CCCOc1ccc(N)cc1)C(CCCOc1ccc(N)cc1)=C4C)c(C)c3CC. The van der Waals surface area contributed by atoms with Crippen LogP contribution in [0, 0.1) is 13.8 Å². The van der Waals surface area contributed by atoms with Gasteiger partial charge in [-0.05, 0) is 184 Å². The van der Waals surface area contributed by atoms with Crippen LogP contribution in [0.3, 0.4) is 0 Å². The van der Waals surface area contributed by atoms with Crippen molar-refractivity contribution >= 4 is 55.7 Å². The minimum absolute atomic E-state index is 0.593. The van der Waals surface area contributed by atoms with E-state index in [1.807, 2.05) is 48.5 Å². The summed E-state index contributed by atoms with van der Waals surface area (Å²) in [6.07, 6.45) is 5.20. The molecule has 8 heteroatoms. The Labute approximate surface area is 318 Å². The van der Waals surface area contributed by atoms with Gasteiger partial charge in [0, 0.05) is 33.4 Å². The predicted molar refractivity (Wildman–Crippen MR) is 225 cm³/mol. The summed E-state index contributed by atoms with van der Waals surface area (Å²) in [6.45, 7) is 14.5. The lowest BCUT2D eigenvalue weighted by molar-refractivity contribution is 0.311. The summed E-state index contributed by atoms with van der Waals surface area (Å²) < 4.78 is 12.2. The standard InChI is InChI=1S/C46H52N6O2/c1-7-35-27(3)39-23-40-29(5)37(11-9-21-53-33-17-13-31(47)14-18-33)45(51-40)26-46-38(12-10-22-54-34-19-15-32(48)16-20-34)30(6)42(52-46)25-44-36(8-2)28(4)41(50-44)24-43(35)49-39/h13-20,23-26,49,52H,7-12,21-22,47-48H2,1-6H3. The van der Waals surface area contributed by atoms with Gasteiger partial charge in [0.2, 0.25) is 0 Å². The number of fused-ring (bicyclic) bond motifs is 8. The van der Waals surface area contributed by atoms with Crippen LogP contribution in [0.15, 0.2) is 72.8 Å². The monoisotopic (exact) mass is 720 g/mol. The second-order valence-electron chi connectivity index (χ2n) is 14.4. The van der Waals surface area contributed by atoms with Crippen molar-refractivity contribution in [2.45, 2.75) is 80.1 Å². The number of aromatic amines is 2. The van der Waals surface area contributed by atoms with E-state index in [4.69, 9.17) is 30.9 Å². The number of aromatic nitrogens is 4. The van der Waals surface area contributed by atoms with Crippen molar-refractivity contribution in [3.63, 3.8) is 0 Å². The fourth-order valence-electron chi connectivity index (χ4n) is 7.76. The quantitative estimate of drug-likeness (QED) is 0.0750. The predicted octanol–water partition coefficient (Wildman–Crippen LogP) is 10.8. The Bertz CT molecular complexity index is 2410. The fraction of sp³-hybridized carbons (Fsp3) is 0.304. The molecule has 7 rings (SSSR count). The van der Waals surface area contributed by atoms with Crippen LogP contribution < -0.4 is 20.9 Å². The maximum atomic E-state index is 6.11. The first kappa shape index (κ1) is 36.6. The third-order valence-electron chi connectivity index (χ3n) is 10.9. The van der Waals surface area contributed by atoms with Crippen molar-refractivity contribution in [3.05, 3.63) is 118 Å². The number of nitrogens with two attached hydrogens (primary N) is 2. The number of allylic oxidation sites excluding steroid dienone is 4. The van der Waals surface area contributed by atoms with Crippen molar-refractivity contribution in [2.24, 2.45) is 0 Å². The molecule has 0 spiro atoms. The summed E-state index contributed by atoms with van der Waals surface area (Å²) in [5.41, 5.74) is 31.5. The molecule has 0 fully saturated rings. The fourth-order valence-corrected chi connectivity index (χ4v) is 7.76. The number of nitrogens with one attached hydrogen (secondary N) is 2. The Kier molecular flexibility index (Phi) is 10.6. The van der Waals surface area contributed by atoms with Crippen LogP contribution in [0.2, 0.25) is 0 Å². The molecule has 3 aromatic heterocycles. The second kappa shape index (κ2) is 15.7. The minimum Gasteiger partial charge on any atom is -0.494 e. The first-order valence-corrected chi connectivity index (χ1v) is 19.2. The number of nitrogens with zero attached hydrogens (tertiary/aromatic N) is 2. The van der Waals surface area contributed by atoms with E-state index in [1.54, 1.807) is 0 Å². The Morgan fingerprint density at radius 2 is 0.963 bits per heavy atom. The third-order valence-corrected chi connectivity index (χ3v) is 10.9. The normalized spacial score (nSPS) is 12.9. The first-order valence-electron chi connectivity index (χ1n) is 19.2. The number of benzene rings is 2. The zero-order chi connectivity index (χ0) is 37.9. The van der Waals surface area contributed by atoms with Gasteiger partial charge in [-0.2, -0.15) is 0 Å². The summed E-state index contributed by atoms with van der Waals surface area (Å²) in [5.74, 6) is 1.65. The summed E-state index contributed by atoms with van der Waals surface area (Å²) >= 11 is 0. The molecule has 5 heterocycles. The van der Waals surface area contributed by atoms with Gasteiger partial charge in [-0.25, -0.2) is 9.97 Å². The van der Waals surface area contributed by atoms with Crippen molar-refractivity contribution in [1.82, 2.24) is 19.9 Å². The maximum Gasteiger partial charge on any atom is 0.119 e. The van der Waals surface area contributed by atoms with Gasteiger partial charge in [0.1, 0.15) is 11.5 Å². The molecule has 0 unspecified atom stereocenters. The van der Waals surface area contributed by atoms with Crippen molar-refractivity contribution < 1.29 is 9.47 Å². The van der Waals surface area contributed by atoms with E-state index in [9.17, 15) is 0 Å². The number of ether oxygens (including phenoxy) is 2. The number of hydrogen-bond acceptors (Lipinski definition) is 6. The summed E-state index contributed by atoms with van der Waals surface area (Å²) in [7, 11) is 0. The van der Waals surface area contributed by atoms with Crippen LogP contribution in [0.25, 0.3) is 44.4 Å². The highest BCUT2D eigenvalue weighted by molar-refractivity contribution is 5.95. The molecule has 2 aliphatic heterocycles. The van der Waals surface area contributed by atoms with Gasteiger partial charge < -0.3 is 30.9 Å². The average molecular weight is 721 g/mol. The highest BCUT2D eigenvalue weighted by atomic mass is 16.5. The minimum atomic E-state index is 0.593. The molecule has 54 heavy (non-hydrogen) atoms. The molecule has 0 radical (unpaired) electrons. The lowest BCUT2D eigenvalue weighted by Gasteiger charge is -2.08. The van der Waals surface area contributed by atoms with Gasteiger partial charge in [-0.1, -0.05) is 13.8 Å². The van der Waals surface area contributed by atoms with Gasteiger partial charge in [0.15, 0.2) is 0 Å². The van der Waals surface area contributed by atoms with E-state index in [2.05, 4.69) is 75.8 Å². The van der Waals surface area contributed by atoms with E-state index in [0.29, 0.717) is 13.2 Å². The topological polar surface area (TPSA) is 128 Å². The number of aryl methyl sites for hydroxylation is 4. The highest BCUT2D eigenvalue weighted by Crippen LogP contribution is 2.37. The van der Waals surface area contributed by atoms with Crippen LogP contribution in [-0.4, -0.2) is 33.1 Å². The summed E-state index contributed by atoms with van der Waals surface area (Å²) in [6, 6.07) is 24.1. The molecular weight excluding hydrogens is 669 g/mol. The zero-order valence-electron chi connectivity index (χ0n) is 32.5. The number of anilines is 2. The van der Waals surface area contributed by atoms with E-state index >= 15 is 0 Å². The first-order chi connectivity index (χ1) is 26.1. The smallest absolute Gasteiger partial charge is 0.119 e. The van der Waals surface area contributed by atoms with Crippen LogP contribution in [-0.2, 0) is 12.8 Å². The molecule has 8 nitrogen and oxygen atoms in total. The van der Waals surface area contributed by atoms with Gasteiger partial charge in [-0.15, -0.1) is 0 Å². The molecule has 0 aliphatic carbocycles. The van der Waals surface area contributed by atoms with E-state index in [-0.39, 0.29) is 0 Å². The van der Waals surface area contributed by atoms with Crippen LogP contribution in [0.1, 0.15) is 98.4 Å². The molecule has 5 aromatic rings. The van der Waals surface area contributed by atoms with Gasteiger partial charge in [0.05, 0.1) is 36.0 Å². The van der Waals surface area contributed by atoms with Crippen LogP contribution >= 0.6 is 0 Å². The Morgan fingerprint density at radius 1 is 0.519 bits per heavy atom. The third kappa shape index (κ3) is 7.51. The number of H-pyrrole nitrogens is 2. The van der Waals surface area contributed by atoms with Crippen LogP contribution in [0.5, 0.6) is 11.5 Å². The van der Waals surface area contributed by atoms with E-state index in [1.165, 1.54) is 44.5 Å². The zero-order valence-corrected chi connectivity index (χ0v) is 32.5. The number of hydrogen-bond donors (Lipinski definition) is 4. The number of nitrogen functional groups attached to an aromatic ring is 2. The molecule has 278 valence electrons. The van der Waals surface area contributed by atoms with E-state index in [0.717, 1.165) is 106 Å². The molecule has 0 saturated heterocycles.